The number of nitrogens with one attached hydrogen (secondary N) is 2. The number of fused-ring (bicyclic) bond motifs is 1. The predicted octanol–water partition coefficient (Wildman–Crippen LogP) is 3.22. The van der Waals surface area contributed by atoms with Crippen molar-refractivity contribution in [3.8, 4) is 10.6 Å². The van der Waals surface area contributed by atoms with Crippen LogP contribution in [0.4, 0.5) is 11.8 Å². The third kappa shape index (κ3) is 5.54. The molecule has 0 saturated heterocycles. The van der Waals surface area contributed by atoms with Crippen LogP contribution >= 0.6 is 23.1 Å². The van der Waals surface area contributed by atoms with Crippen molar-refractivity contribution in [2.24, 2.45) is 5.92 Å². The zero-order chi connectivity index (χ0) is 25.3. The molecular formula is C24H34N6O3S2. The second kappa shape index (κ2) is 10.5. The van der Waals surface area contributed by atoms with Gasteiger partial charge < -0.3 is 26.0 Å². The lowest BCUT2D eigenvalue weighted by Crippen LogP contribution is -2.40. The van der Waals surface area contributed by atoms with Crippen LogP contribution in [0.5, 0.6) is 0 Å². The van der Waals surface area contributed by atoms with Gasteiger partial charge >= 0.3 is 0 Å². The Morgan fingerprint density at radius 1 is 1.14 bits per heavy atom. The van der Waals surface area contributed by atoms with Gasteiger partial charge in [-0.2, -0.15) is 16.7 Å². The summed E-state index contributed by atoms with van der Waals surface area (Å²) in [5, 5.41) is 39.3. The first-order valence-corrected chi connectivity index (χ1v) is 13.8. The van der Waals surface area contributed by atoms with Gasteiger partial charge in [0.05, 0.1) is 39.4 Å². The summed E-state index contributed by atoms with van der Waals surface area (Å²) in [6.45, 7) is 10.0. The van der Waals surface area contributed by atoms with E-state index in [1.54, 1.807) is 31.4 Å². The van der Waals surface area contributed by atoms with E-state index >= 15 is 0 Å². The zero-order valence-electron chi connectivity index (χ0n) is 20.7. The highest BCUT2D eigenvalue weighted by atomic mass is 32.2. The molecule has 0 radical (unpaired) electrons. The summed E-state index contributed by atoms with van der Waals surface area (Å²) in [6, 6.07) is 1.45. The van der Waals surface area contributed by atoms with Gasteiger partial charge in [0.15, 0.2) is 0 Å². The minimum Gasteiger partial charge on any atom is -0.390 e. The van der Waals surface area contributed by atoms with Crippen LogP contribution in [-0.4, -0.2) is 77.2 Å². The van der Waals surface area contributed by atoms with Gasteiger partial charge in [-0.05, 0) is 45.9 Å². The number of aryl methyl sites for hydroxylation is 2. The lowest BCUT2D eigenvalue weighted by Gasteiger charge is -2.28. The number of aliphatic hydroxyl groups excluding tert-OH is 2. The molecule has 190 valence electrons. The van der Waals surface area contributed by atoms with Crippen LogP contribution in [0, 0.1) is 19.8 Å². The van der Waals surface area contributed by atoms with Gasteiger partial charge in [-0.3, -0.25) is 4.98 Å². The molecular weight excluding hydrogens is 484 g/mol. The quantitative estimate of drug-likeness (QED) is 0.269. The number of aromatic nitrogens is 4. The molecule has 0 aliphatic heterocycles. The van der Waals surface area contributed by atoms with Crippen LogP contribution in [0.25, 0.3) is 20.8 Å². The maximum atomic E-state index is 10.8. The van der Waals surface area contributed by atoms with E-state index in [-0.39, 0.29) is 0 Å². The Morgan fingerprint density at radius 3 is 2.57 bits per heavy atom. The highest BCUT2D eigenvalue weighted by Crippen LogP contribution is 2.40. The van der Waals surface area contributed by atoms with E-state index in [0.29, 0.717) is 18.2 Å². The summed E-state index contributed by atoms with van der Waals surface area (Å²) in [6.07, 6.45) is 0.0799. The highest BCUT2D eigenvalue weighted by Gasteiger charge is 2.48. The molecule has 35 heavy (non-hydrogen) atoms. The van der Waals surface area contributed by atoms with Crippen LogP contribution in [0.1, 0.15) is 38.6 Å². The molecule has 9 nitrogen and oxygen atoms in total. The minimum absolute atomic E-state index is 0.396. The summed E-state index contributed by atoms with van der Waals surface area (Å²) in [5.74, 6) is 2.55. The lowest BCUT2D eigenvalue weighted by molar-refractivity contribution is -0.0601. The first-order valence-electron chi connectivity index (χ1n) is 11.9. The summed E-state index contributed by atoms with van der Waals surface area (Å²) >= 11 is 3.38. The number of thioether (sulfide) groups is 1. The number of hydrogen-bond donors (Lipinski definition) is 5. The van der Waals surface area contributed by atoms with Gasteiger partial charge in [0.1, 0.15) is 22.4 Å². The summed E-state index contributed by atoms with van der Waals surface area (Å²) < 4.78 is 1.02. The second-order valence-corrected chi connectivity index (χ2v) is 11.9. The molecule has 3 heterocycles. The first-order chi connectivity index (χ1) is 16.6. The summed E-state index contributed by atoms with van der Waals surface area (Å²) in [5.41, 5.74) is 2.09. The van der Waals surface area contributed by atoms with E-state index in [1.807, 2.05) is 31.7 Å². The fourth-order valence-corrected chi connectivity index (χ4v) is 6.18. The van der Waals surface area contributed by atoms with Gasteiger partial charge in [-0.15, -0.1) is 11.3 Å². The van der Waals surface area contributed by atoms with E-state index < -0.39 is 29.8 Å². The third-order valence-electron chi connectivity index (χ3n) is 6.44. The largest absolute Gasteiger partial charge is 0.390 e. The molecule has 4 rings (SSSR count). The van der Waals surface area contributed by atoms with Crippen molar-refractivity contribution in [2.45, 2.75) is 64.9 Å². The molecule has 1 aliphatic carbocycles. The van der Waals surface area contributed by atoms with Gasteiger partial charge in [-0.1, -0.05) is 6.92 Å². The number of pyridine rings is 1. The molecule has 3 aromatic rings. The van der Waals surface area contributed by atoms with Gasteiger partial charge in [0, 0.05) is 24.4 Å². The van der Waals surface area contributed by atoms with Crippen molar-refractivity contribution in [1.29, 1.82) is 0 Å². The zero-order valence-corrected chi connectivity index (χ0v) is 22.4. The monoisotopic (exact) mass is 518 g/mol. The van der Waals surface area contributed by atoms with Gasteiger partial charge in [0.2, 0.25) is 5.95 Å². The molecule has 1 fully saturated rings. The minimum atomic E-state index is -1.12. The number of thiazole rings is 1. The van der Waals surface area contributed by atoms with Gasteiger partial charge in [-0.25, -0.2) is 9.97 Å². The SMILES string of the molecule is CCSCCNc1nc(C)c(-c2nc3c(C)nccc3s2)c(N[C@@H]2C[C@H](C(C)(C)O)[C@@H](O)[C@H]2O)n1. The van der Waals surface area contributed by atoms with E-state index in [1.165, 1.54) is 0 Å². The Hall–Kier alpha value is -2.05. The van der Waals surface area contributed by atoms with Crippen LogP contribution in [0.3, 0.4) is 0 Å². The normalized spacial score (nSPS) is 22.6. The highest BCUT2D eigenvalue weighted by molar-refractivity contribution is 7.99. The number of anilines is 2. The third-order valence-corrected chi connectivity index (χ3v) is 8.38. The second-order valence-electron chi connectivity index (χ2n) is 9.47. The topological polar surface area (TPSA) is 136 Å². The molecule has 0 amide bonds. The average Bonchev–Trinajstić information content (AvgIpc) is 3.34. The maximum Gasteiger partial charge on any atom is 0.224 e. The molecule has 3 aromatic heterocycles. The van der Waals surface area contributed by atoms with Crippen LogP contribution in [-0.2, 0) is 0 Å². The Bertz CT molecular complexity index is 1180. The molecule has 1 saturated carbocycles. The molecule has 5 N–H and O–H groups in total. The standard InChI is InChI=1S/C24H34N6O3S2/c1-6-34-10-9-26-23-27-12(2)17(22-29-18-13(3)25-8-7-16(18)35-22)21(30-23)28-15-11-14(24(4,5)33)19(31)20(15)32/h7-8,14-15,19-20,31-33H,6,9-11H2,1-5H3,(H2,26,27,28,30)/t14-,15+,19+,20-/m0/s1. The molecule has 0 unspecified atom stereocenters. The fourth-order valence-electron chi connectivity index (χ4n) is 4.54. The maximum absolute atomic E-state index is 10.8. The molecule has 0 aromatic carbocycles. The van der Waals surface area contributed by atoms with E-state index in [0.717, 1.165) is 50.2 Å². The smallest absolute Gasteiger partial charge is 0.224 e. The number of hydrogen-bond acceptors (Lipinski definition) is 11. The first kappa shape index (κ1) is 26.0. The van der Waals surface area contributed by atoms with E-state index in [2.05, 4.69) is 22.5 Å². The lowest BCUT2D eigenvalue weighted by atomic mass is 9.88. The van der Waals surface area contributed by atoms with E-state index in [4.69, 9.17) is 15.0 Å². The number of aliphatic hydroxyl groups is 3. The molecule has 1 aliphatic rings. The fraction of sp³-hybridized carbons (Fsp3) is 0.583. The van der Waals surface area contributed by atoms with Crippen molar-refractivity contribution in [3.05, 3.63) is 23.7 Å². The van der Waals surface area contributed by atoms with Crippen molar-refractivity contribution in [2.75, 3.05) is 28.7 Å². The van der Waals surface area contributed by atoms with Crippen molar-refractivity contribution in [1.82, 2.24) is 19.9 Å². The van der Waals surface area contributed by atoms with Crippen molar-refractivity contribution < 1.29 is 15.3 Å². The predicted molar refractivity (Wildman–Crippen MR) is 143 cm³/mol. The van der Waals surface area contributed by atoms with Crippen molar-refractivity contribution in [3.63, 3.8) is 0 Å². The molecule has 0 spiro atoms. The Kier molecular flexibility index (Phi) is 7.82. The molecule has 4 atom stereocenters. The number of rotatable bonds is 9. The van der Waals surface area contributed by atoms with Crippen LogP contribution in [0.15, 0.2) is 12.3 Å². The Balaban J connectivity index is 1.72. The van der Waals surface area contributed by atoms with Crippen LogP contribution in [0.2, 0.25) is 0 Å². The molecule has 0 bridgehead atoms. The summed E-state index contributed by atoms with van der Waals surface area (Å²) in [4.78, 5) is 18.7. The van der Waals surface area contributed by atoms with Gasteiger partial charge in [0.25, 0.3) is 0 Å². The van der Waals surface area contributed by atoms with E-state index in [9.17, 15) is 15.3 Å². The van der Waals surface area contributed by atoms with Crippen molar-refractivity contribution >= 4 is 45.1 Å². The number of nitrogens with zero attached hydrogens (tertiary/aromatic N) is 4. The Labute approximate surface area is 213 Å². The average molecular weight is 519 g/mol. The summed E-state index contributed by atoms with van der Waals surface area (Å²) in [7, 11) is 0. The Morgan fingerprint density at radius 2 is 1.91 bits per heavy atom. The molecule has 11 heteroatoms. The van der Waals surface area contributed by atoms with Crippen LogP contribution < -0.4 is 10.6 Å².